The van der Waals surface area contributed by atoms with E-state index in [1.54, 1.807) is 7.05 Å². The Balaban J connectivity index is 0.00000320. The van der Waals surface area contributed by atoms with Crippen LogP contribution in [0.5, 0.6) is 0 Å². The van der Waals surface area contributed by atoms with Gasteiger partial charge >= 0.3 is 0 Å². The van der Waals surface area contributed by atoms with Crippen LogP contribution in [-0.2, 0) is 16.1 Å². The van der Waals surface area contributed by atoms with Gasteiger partial charge in [-0.1, -0.05) is 25.0 Å². The van der Waals surface area contributed by atoms with Crippen LogP contribution < -0.4 is 20.9 Å². The average molecular weight is 527 g/mol. The third-order valence-electron chi connectivity index (χ3n) is 5.69. The van der Waals surface area contributed by atoms with Crippen molar-refractivity contribution in [2.24, 2.45) is 10.9 Å². The molecule has 3 N–H and O–H groups in total. The van der Waals surface area contributed by atoms with E-state index in [-0.39, 0.29) is 35.8 Å². The van der Waals surface area contributed by atoms with Gasteiger partial charge in [-0.3, -0.25) is 14.6 Å². The molecule has 0 bridgehead atoms. The fourth-order valence-electron chi connectivity index (χ4n) is 4.05. The summed E-state index contributed by atoms with van der Waals surface area (Å²) in [6.45, 7) is 2.67. The van der Waals surface area contributed by atoms with E-state index < -0.39 is 0 Å². The number of rotatable bonds is 8. The Hall–Kier alpha value is -1.84. The second-order valence-electron chi connectivity index (χ2n) is 7.87. The lowest BCUT2D eigenvalue weighted by Crippen LogP contribution is -2.41. The summed E-state index contributed by atoms with van der Waals surface area (Å²) in [6.07, 6.45) is 7.15. The molecule has 8 heteroatoms. The maximum atomic E-state index is 12.0. The molecule has 30 heavy (non-hydrogen) atoms. The van der Waals surface area contributed by atoms with E-state index in [2.05, 4.69) is 20.9 Å². The molecule has 1 aromatic rings. The van der Waals surface area contributed by atoms with Crippen LogP contribution in [0, 0.1) is 5.92 Å². The molecule has 0 radical (unpaired) electrons. The zero-order valence-electron chi connectivity index (χ0n) is 17.8. The number of guanidine groups is 1. The van der Waals surface area contributed by atoms with Gasteiger partial charge in [0.05, 0.1) is 0 Å². The monoisotopic (exact) mass is 527 g/mol. The lowest BCUT2D eigenvalue weighted by atomic mass is 10.0. The van der Waals surface area contributed by atoms with Gasteiger partial charge in [-0.05, 0) is 42.9 Å². The Kier molecular flexibility index (Phi) is 10.4. The number of hydrogen-bond acceptors (Lipinski definition) is 3. The van der Waals surface area contributed by atoms with E-state index in [9.17, 15) is 9.59 Å². The summed E-state index contributed by atoms with van der Waals surface area (Å²) in [5.41, 5.74) is 2.08. The van der Waals surface area contributed by atoms with Gasteiger partial charge in [0.15, 0.2) is 5.96 Å². The predicted octanol–water partition coefficient (Wildman–Crippen LogP) is 2.79. The van der Waals surface area contributed by atoms with Crippen molar-refractivity contribution in [2.75, 3.05) is 31.6 Å². The molecule has 0 unspecified atom stereocenters. The Morgan fingerprint density at radius 1 is 1.07 bits per heavy atom. The van der Waals surface area contributed by atoms with E-state index in [0.717, 1.165) is 24.2 Å². The van der Waals surface area contributed by atoms with Crippen molar-refractivity contribution in [1.29, 1.82) is 0 Å². The number of halogens is 1. The van der Waals surface area contributed by atoms with Gasteiger partial charge in [-0.2, -0.15) is 0 Å². The second-order valence-corrected chi connectivity index (χ2v) is 7.87. The number of carbonyl (C=O) groups excluding carboxylic acids is 2. The molecule has 2 fully saturated rings. The number of anilines is 1. The third kappa shape index (κ3) is 7.45. The van der Waals surface area contributed by atoms with Crippen molar-refractivity contribution in [3.8, 4) is 0 Å². The van der Waals surface area contributed by atoms with Crippen molar-refractivity contribution in [3.05, 3.63) is 29.8 Å². The summed E-state index contributed by atoms with van der Waals surface area (Å²) in [5.74, 6) is 1.63. The number of benzene rings is 1. The SMILES string of the molecule is CN=C(NCCNC(=O)CC1CCCC1)NCc1ccc(N2CCCC2=O)cc1.I. The molecule has 0 spiro atoms. The molecular formula is C22H34IN5O2. The highest BCUT2D eigenvalue weighted by molar-refractivity contribution is 14.0. The number of nitrogens with zero attached hydrogens (tertiary/aromatic N) is 2. The first-order valence-corrected chi connectivity index (χ1v) is 10.8. The molecule has 2 amide bonds. The second kappa shape index (κ2) is 12.8. The standard InChI is InChI=1S/C22H33N5O2.HI/c1-23-22(25-13-12-24-20(28)15-17-5-2-3-6-17)26-16-18-8-10-19(11-9-18)27-14-4-7-21(27)29;/h8-11,17H,2-7,12-16H2,1H3,(H,24,28)(H2,23,25,26);1H. The average Bonchev–Trinajstić information content (AvgIpc) is 3.39. The summed E-state index contributed by atoms with van der Waals surface area (Å²) in [6, 6.07) is 8.06. The Morgan fingerprint density at radius 2 is 1.77 bits per heavy atom. The van der Waals surface area contributed by atoms with Gasteiger partial charge in [0.1, 0.15) is 0 Å². The van der Waals surface area contributed by atoms with Crippen molar-refractivity contribution in [3.63, 3.8) is 0 Å². The van der Waals surface area contributed by atoms with Crippen LogP contribution in [0.4, 0.5) is 5.69 Å². The lowest BCUT2D eigenvalue weighted by molar-refractivity contribution is -0.122. The van der Waals surface area contributed by atoms with Crippen molar-refractivity contribution < 1.29 is 9.59 Å². The van der Waals surface area contributed by atoms with Gasteiger partial charge in [0.2, 0.25) is 11.8 Å². The molecule has 0 aromatic heterocycles. The van der Waals surface area contributed by atoms with Crippen molar-refractivity contribution in [1.82, 2.24) is 16.0 Å². The van der Waals surface area contributed by atoms with Crippen molar-refractivity contribution >= 4 is 47.4 Å². The maximum Gasteiger partial charge on any atom is 0.227 e. The Bertz CT molecular complexity index is 717. The highest BCUT2D eigenvalue weighted by Crippen LogP contribution is 2.27. The van der Waals surface area contributed by atoms with E-state index in [1.165, 1.54) is 25.7 Å². The highest BCUT2D eigenvalue weighted by Gasteiger charge is 2.21. The quantitative estimate of drug-likeness (QED) is 0.210. The summed E-state index contributed by atoms with van der Waals surface area (Å²) in [5, 5.41) is 9.48. The first-order chi connectivity index (χ1) is 14.2. The van der Waals surface area contributed by atoms with E-state index >= 15 is 0 Å². The Labute approximate surface area is 196 Å². The number of hydrogen-bond donors (Lipinski definition) is 3. The van der Waals surface area contributed by atoms with E-state index in [0.29, 0.717) is 44.4 Å². The molecule has 1 aromatic carbocycles. The van der Waals surface area contributed by atoms with Gasteiger partial charge in [-0.15, -0.1) is 24.0 Å². The molecule has 1 aliphatic heterocycles. The van der Waals surface area contributed by atoms with Gasteiger partial charge < -0.3 is 20.9 Å². The van der Waals surface area contributed by atoms with Gasteiger partial charge in [-0.25, -0.2) is 0 Å². The van der Waals surface area contributed by atoms with Crippen LogP contribution >= 0.6 is 24.0 Å². The van der Waals surface area contributed by atoms with Crippen LogP contribution in [0.3, 0.4) is 0 Å². The minimum absolute atomic E-state index is 0. The number of amides is 2. The minimum atomic E-state index is 0. The number of nitrogens with one attached hydrogen (secondary N) is 3. The molecule has 2 aliphatic rings. The zero-order valence-corrected chi connectivity index (χ0v) is 20.1. The normalized spacial score (nSPS) is 17.0. The molecule has 166 valence electrons. The molecule has 7 nitrogen and oxygen atoms in total. The van der Waals surface area contributed by atoms with Gasteiger partial charge in [0.25, 0.3) is 0 Å². The smallest absolute Gasteiger partial charge is 0.227 e. The van der Waals surface area contributed by atoms with Crippen LogP contribution in [-0.4, -0.2) is 44.5 Å². The largest absolute Gasteiger partial charge is 0.355 e. The summed E-state index contributed by atoms with van der Waals surface area (Å²) >= 11 is 0. The molecule has 0 atom stereocenters. The fourth-order valence-corrected chi connectivity index (χ4v) is 4.05. The zero-order chi connectivity index (χ0) is 20.5. The lowest BCUT2D eigenvalue weighted by Gasteiger charge is -2.16. The summed E-state index contributed by atoms with van der Waals surface area (Å²) in [4.78, 5) is 29.9. The predicted molar refractivity (Wildman–Crippen MR) is 131 cm³/mol. The van der Waals surface area contributed by atoms with Crippen LogP contribution in [0.2, 0.25) is 0 Å². The van der Waals surface area contributed by atoms with Crippen LogP contribution in [0.25, 0.3) is 0 Å². The first-order valence-electron chi connectivity index (χ1n) is 10.8. The minimum Gasteiger partial charge on any atom is -0.355 e. The fraction of sp³-hybridized carbons (Fsp3) is 0.591. The van der Waals surface area contributed by atoms with Crippen LogP contribution in [0.1, 0.15) is 50.5 Å². The molecular weight excluding hydrogens is 493 g/mol. The molecule has 1 aliphatic carbocycles. The van der Waals surface area contributed by atoms with Gasteiger partial charge in [0, 0.05) is 51.8 Å². The first kappa shape index (κ1) is 24.4. The third-order valence-corrected chi connectivity index (χ3v) is 5.69. The maximum absolute atomic E-state index is 12.0. The molecule has 1 heterocycles. The van der Waals surface area contributed by atoms with E-state index in [4.69, 9.17) is 0 Å². The topological polar surface area (TPSA) is 85.8 Å². The van der Waals surface area contributed by atoms with E-state index in [1.807, 2.05) is 29.2 Å². The summed E-state index contributed by atoms with van der Waals surface area (Å²) in [7, 11) is 1.73. The molecule has 3 rings (SSSR count). The summed E-state index contributed by atoms with van der Waals surface area (Å²) < 4.78 is 0. The highest BCUT2D eigenvalue weighted by atomic mass is 127. The number of aliphatic imine (C=N–C) groups is 1. The Morgan fingerprint density at radius 3 is 2.40 bits per heavy atom. The van der Waals surface area contributed by atoms with Crippen LogP contribution in [0.15, 0.2) is 29.3 Å². The van der Waals surface area contributed by atoms with Crippen molar-refractivity contribution in [2.45, 2.75) is 51.5 Å². The number of carbonyl (C=O) groups is 2. The molecule has 1 saturated heterocycles. The molecule has 1 saturated carbocycles.